The van der Waals surface area contributed by atoms with E-state index in [0.29, 0.717) is 34.5 Å². The van der Waals surface area contributed by atoms with Gasteiger partial charge < -0.3 is 15.6 Å². The van der Waals surface area contributed by atoms with Crippen molar-refractivity contribution in [2.45, 2.75) is 25.8 Å². The molecular weight excluding hydrogens is 430 g/mol. The molecule has 4 aromatic rings. The van der Waals surface area contributed by atoms with Gasteiger partial charge in [-0.2, -0.15) is 5.10 Å². The van der Waals surface area contributed by atoms with Gasteiger partial charge in [0.25, 0.3) is 5.56 Å². The number of hydrogen-bond donors (Lipinski definition) is 4. The quantitative estimate of drug-likeness (QED) is 0.345. The zero-order valence-corrected chi connectivity index (χ0v) is 18.1. The second-order valence-electron chi connectivity index (χ2n) is 7.56. The van der Waals surface area contributed by atoms with Crippen LogP contribution in [0.25, 0.3) is 21.7 Å². The predicted molar refractivity (Wildman–Crippen MR) is 124 cm³/mol. The Balaban J connectivity index is 1.31. The highest BCUT2D eigenvalue weighted by Gasteiger charge is 2.17. The highest BCUT2D eigenvalue weighted by Crippen LogP contribution is 2.22. The normalized spacial score (nSPS) is 12.1. The van der Waals surface area contributed by atoms with Crippen molar-refractivity contribution in [3.8, 4) is 0 Å². The molecule has 8 nitrogen and oxygen atoms in total. The summed E-state index contributed by atoms with van der Waals surface area (Å²) in [5, 5.41) is 14.7. The predicted octanol–water partition coefficient (Wildman–Crippen LogP) is 2.46. The number of nitrogens with zero attached hydrogens (tertiary/aromatic N) is 1. The van der Waals surface area contributed by atoms with Crippen molar-refractivity contribution in [2.24, 2.45) is 0 Å². The molecule has 1 unspecified atom stereocenters. The molecule has 0 aliphatic carbocycles. The van der Waals surface area contributed by atoms with Crippen LogP contribution in [0.15, 0.2) is 53.5 Å². The van der Waals surface area contributed by atoms with Crippen LogP contribution in [0.5, 0.6) is 0 Å². The van der Waals surface area contributed by atoms with Crippen LogP contribution in [0.1, 0.15) is 18.2 Å². The lowest BCUT2D eigenvalue weighted by Crippen LogP contribution is -2.45. The molecule has 0 radical (unpaired) electrons. The van der Waals surface area contributed by atoms with Gasteiger partial charge in [-0.3, -0.25) is 14.4 Å². The number of rotatable bonds is 7. The van der Waals surface area contributed by atoms with Gasteiger partial charge in [0.05, 0.1) is 17.5 Å². The van der Waals surface area contributed by atoms with Crippen LogP contribution in [0.4, 0.5) is 0 Å². The first kappa shape index (κ1) is 21.6. The van der Waals surface area contributed by atoms with E-state index < -0.39 is 6.04 Å². The maximum Gasteiger partial charge on any atom is 0.272 e. The third kappa shape index (κ3) is 4.65. The van der Waals surface area contributed by atoms with Crippen LogP contribution >= 0.6 is 11.6 Å². The smallest absolute Gasteiger partial charge is 0.272 e. The molecule has 4 N–H and O–H groups in total. The standard InChI is InChI=1S/C23H22ClN5O3/c1-13(22(31)25-9-8-14-12-26-19-7-6-15(24)10-18(14)19)27-21(30)11-20-16-4-2-3-5-17(16)23(32)29-28-20/h2-7,10,12-13,26H,8-9,11H2,1H3,(H,25,31)(H,27,30)(H,29,32). The number of hydrogen-bond acceptors (Lipinski definition) is 4. The van der Waals surface area contributed by atoms with Crippen LogP contribution in [0.2, 0.25) is 5.02 Å². The zero-order valence-electron chi connectivity index (χ0n) is 17.4. The molecule has 0 spiro atoms. The summed E-state index contributed by atoms with van der Waals surface area (Å²) in [6.07, 6.45) is 2.48. The van der Waals surface area contributed by atoms with Crippen molar-refractivity contribution in [2.75, 3.05) is 6.54 Å². The number of amides is 2. The van der Waals surface area contributed by atoms with Gasteiger partial charge in [0.2, 0.25) is 11.8 Å². The third-order valence-corrected chi connectivity index (χ3v) is 5.53. The van der Waals surface area contributed by atoms with Gasteiger partial charge in [-0.1, -0.05) is 29.8 Å². The number of aromatic nitrogens is 3. The van der Waals surface area contributed by atoms with Gasteiger partial charge in [0.15, 0.2) is 0 Å². The minimum absolute atomic E-state index is 0.0506. The topological polar surface area (TPSA) is 120 Å². The number of fused-ring (bicyclic) bond motifs is 2. The third-order valence-electron chi connectivity index (χ3n) is 5.30. The number of carbonyl (C=O) groups excluding carboxylic acids is 2. The molecule has 0 bridgehead atoms. The fourth-order valence-corrected chi connectivity index (χ4v) is 3.82. The molecule has 9 heteroatoms. The summed E-state index contributed by atoms with van der Waals surface area (Å²) in [6, 6.07) is 11.9. The number of benzene rings is 2. The van der Waals surface area contributed by atoms with Crippen LogP contribution < -0.4 is 16.2 Å². The molecule has 0 saturated carbocycles. The Morgan fingerprint density at radius 3 is 2.72 bits per heavy atom. The zero-order chi connectivity index (χ0) is 22.7. The molecule has 4 rings (SSSR count). The van der Waals surface area contributed by atoms with Crippen LogP contribution in [-0.2, 0) is 22.4 Å². The summed E-state index contributed by atoms with van der Waals surface area (Å²) >= 11 is 6.07. The van der Waals surface area contributed by atoms with Gasteiger partial charge in [-0.25, -0.2) is 5.10 Å². The first-order valence-electron chi connectivity index (χ1n) is 10.2. The number of H-pyrrole nitrogens is 2. The second kappa shape index (κ2) is 9.23. The summed E-state index contributed by atoms with van der Waals surface area (Å²) in [4.78, 5) is 39.9. The number of nitrogens with one attached hydrogen (secondary N) is 4. The highest BCUT2D eigenvalue weighted by atomic mass is 35.5. The van der Waals surface area contributed by atoms with Crippen molar-refractivity contribution in [3.05, 3.63) is 75.3 Å². The van der Waals surface area contributed by atoms with E-state index in [1.165, 1.54) is 0 Å². The molecule has 2 aromatic carbocycles. The minimum Gasteiger partial charge on any atom is -0.361 e. The SMILES string of the molecule is CC(NC(=O)Cc1n[nH]c(=O)c2ccccc12)C(=O)NCCc1c[nH]c2ccc(Cl)cc12. The lowest BCUT2D eigenvalue weighted by molar-refractivity contribution is -0.128. The van der Waals surface area contributed by atoms with Gasteiger partial charge in [0, 0.05) is 34.1 Å². The Kier molecular flexibility index (Phi) is 6.23. The van der Waals surface area contributed by atoms with Crippen molar-refractivity contribution in [1.82, 2.24) is 25.8 Å². The molecule has 0 aliphatic rings. The molecular formula is C23H22ClN5O3. The maximum atomic E-state index is 12.5. The summed E-state index contributed by atoms with van der Waals surface area (Å²) in [6.45, 7) is 2.04. The number of carbonyl (C=O) groups is 2. The molecule has 0 aliphatic heterocycles. The summed E-state index contributed by atoms with van der Waals surface area (Å²) in [5.74, 6) is -0.640. The molecule has 2 heterocycles. The first-order valence-corrected chi connectivity index (χ1v) is 10.6. The Morgan fingerprint density at radius 1 is 1.12 bits per heavy atom. The largest absolute Gasteiger partial charge is 0.361 e. The van der Waals surface area contributed by atoms with Gasteiger partial charge >= 0.3 is 0 Å². The highest BCUT2D eigenvalue weighted by molar-refractivity contribution is 6.31. The molecule has 32 heavy (non-hydrogen) atoms. The lowest BCUT2D eigenvalue weighted by Gasteiger charge is -2.14. The van der Waals surface area contributed by atoms with Gasteiger partial charge in [-0.15, -0.1) is 0 Å². The van der Waals surface area contributed by atoms with E-state index in [0.717, 1.165) is 16.5 Å². The fraction of sp³-hybridized carbons (Fsp3) is 0.217. The van der Waals surface area contributed by atoms with E-state index in [4.69, 9.17) is 11.6 Å². The van der Waals surface area contributed by atoms with E-state index >= 15 is 0 Å². The number of halogens is 1. The van der Waals surface area contributed by atoms with Gasteiger partial charge in [-0.05, 0) is 43.2 Å². The van der Waals surface area contributed by atoms with Crippen LogP contribution in [-0.4, -0.2) is 39.6 Å². The molecule has 2 amide bonds. The average Bonchev–Trinajstić information content (AvgIpc) is 3.17. The monoisotopic (exact) mass is 451 g/mol. The van der Waals surface area contributed by atoms with E-state index in [9.17, 15) is 14.4 Å². The van der Waals surface area contributed by atoms with E-state index in [1.54, 1.807) is 31.2 Å². The first-order chi connectivity index (χ1) is 15.4. The van der Waals surface area contributed by atoms with Crippen molar-refractivity contribution < 1.29 is 9.59 Å². The van der Waals surface area contributed by atoms with E-state index in [2.05, 4.69) is 25.8 Å². The second-order valence-corrected chi connectivity index (χ2v) is 7.99. The maximum absolute atomic E-state index is 12.5. The molecule has 2 aromatic heterocycles. The van der Waals surface area contributed by atoms with Crippen molar-refractivity contribution >= 4 is 45.1 Å². The van der Waals surface area contributed by atoms with Gasteiger partial charge in [0.1, 0.15) is 6.04 Å². The molecule has 0 saturated heterocycles. The Morgan fingerprint density at radius 2 is 1.91 bits per heavy atom. The van der Waals surface area contributed by atoms with Crippen molar-refractivity contribution in [3.63, 3.8) is 0 Å². The molecule has 1 atom stereocenters. The summed E-state index contributed by atoms with van der Waals surface area (Å²) in [5.41, 5.74) is 2.17. The summed E-state index contributed by atoms with van der Waals surface area (Å²) < 4.78 is 0. The number of aromatic amines is 2. The minimum atomic E-state index is -0.714. The molecule has 0 fully saturated rings. The Hall–Kier alpha value is -3.65. The fourth-order valence-electron chi connectivity index (χ4n) is 3.65. The molecule has 164 valence electrons. The Bertz CT molecular complexity index is 1360. The lowest BCUT2D eigenvalue weighted by atomic mass is 10.1. The van der Waals surface area contributed by atoms with Crippen LogP contribution in [0.3, 0.4) is 0 Å². The van der Waals surface area contributed by atoms with E-state index in [-0.39, 0.29) is 23.8 Å². The van der Waals surface area contributed by atoms with Crippen molar-refractivity contribution in [1.29, 1.82) is 0 Å². The Labute approximate surface area is 188 Å². The van der Waals surface area contributed by atoms with Crippen LogP contribution in [0, 0.1) is 0 Å². The summed E-state index contributed by atoms with van der Waals surface area (Å²) in [7, 11) is 0. The van der Waals surface area contributed by atoms with E-state index in [1.807, 2.05) is 24.4 Å². The average molecular weight is 452 g/mol.